The van der Waals surface area contributed by atoms with Crippen LogP contribution in [0.15, 0.2) is 47.1 Å². The molecule has 18 heavy (non-hydrogen) atoms. The van der Waals surface area contributed by atoms with Gasteiger partial charge in [0.2, 0.25) is 5.69 Å². The van der Waals surface area contributed by atoms with E-state index < -0.39 is 5.97 Å². The van der Waals surface area contributed by atoms with Crippen molar-refractivity contribution < 1.29 is 14.3 Å². The van der Waals surface area contributed by atoms with E-state index in [-0.39, 0.29) is 11.3 Å². The van der Waals surface area contributed by atoms with Gasteiger partial charge in [0.25, 0.3) is 0 Å². The van der Waals surface area contributed by atoms with Crippen LogP contribution in [0.5, 0.6) is 0 Å². The van der Waals surface area contributed by atoms with Crippen molar-refractivity contribution >= 4 is 21.9 Å². The highest BCUT2D eigenvalue weighted by Gasteiger charge is 2.21. The van der Waals surface area contributed by atoms with Crippen LogP contribution in [-0.4, -0.2) is 13.1 Å². The Balaban J connectivity index is 2.62. The number of hydrogen-bond donors (Lipinski definition) is 0. The summed E-state index contributed by atoms with van der Waals surface area (Å²) < 4.78 is 6.24. The molecule has 2 aromatic rings. The zero-order valence-electron chi connectivity index (χ0n) is 9.59. The van der Waals surface area contributed by atoms with Crippen molar-refractivity contribution in [1.29, 1.82) is 0 Å². The van der Waals surface area contributed by atoms with Crippen molar-refractivity contribution in [2.24, 2.45) is 0 Å². The van der Waals surface area contributed by atoms with Crippen LogP contribution in [0.25, 0.3) is 11.3 Å². The summed E-state index contributed by atoms with van der Waals surface area (Å²) in [5.41, 5.74) is 1.20. The lowest BCUT2D eigenvalue weighted by atomic mass is 10.1. The van der Waals surface area contributed by atoms with Crippen molar-refractivity contribution in [1.82, 2.24) is 0 Å². The first-order valence-electron chi connectivity index (χ1n) is 5.20. The Morgan fingerprint density at radius 2 is 1.94 bits per heavy atom. The maximum absolute atomic E-state index is 11.8. The van der Waals surface area contributed by atoms with E-state index in [1.807, 2.05) is 12.1 Å². The van der Waals surface area contributed by atoms with Gasteiger partial charge in [-0.15, -0.1) is 0 Å². The van der Waals surface area contributed by atoms with Crippen molar-refractivity contribution in [2.75, 3.05) is 7.11 Å². The zero-order chi connectivity index (χ0) is 13.1. The van der Waals surface area contributed by atoms with E-state index in [2.05, 4.69) is 20.7 Å². The molecule has 92 valence electrons. The Bertz CT molecular complexity index is 581. The predicted octanol–water partition coefficient (Wildman–Crippen LogP) is 2.54. The molecule has 0 saturated heterocycles. The van der Waals surface area contributed by atoms with Crippen molar-refractivity contribution in [3.63, 3.8) is 0 Å². The van der Waals surface area contributed by atoms with Gasteiger partial charge in [0, 0.05) is 16.1 Å². The third kappa shape index (κ3) is 2.36. The zero-order valence-corrected chi connectivity index (χ0v) is 11.2. The van der Waals surface area contributed by atoms with Gasteiger partial charge in [-0.25, -0.2) is 4.79 Å². The molecule has 1 heterocycles. The summed E-state index contributed by atoms with van der Waals surface area (Å²) in [5.74, 6) is -0.530. The minimum absolute atomic E-state index is 0.248. The van der Waals surface area contributed by atoms with Gasteiger partial charge in [0.05, 0.1) is 7.11 Å². The van der Waals surface area contributed by atoms with Crippen LogP contribution in [0.4, 0.5) is 0 Å². The Morgan fingerprint density at radius 3 is 2.56 bits per heavy atom. The molecule has 0 amide bonds. The average Bonchev–Trinajstić information content (AvgIpc) is 2.39. The number of pyridine rings is 1. The van der Waals surface area contributed by atoms with Crippen LogP contribution in [0.3, 0.4) is 0 Å². The van der Waals surface area contributed by atoms with E-state index in [9.17, 15) is 10.0 Å². The van der Waals surface area contributed by atoms with E-state index in [0.717, 1.165) is 4.47 Å². The predicted molar refractivity (Wildman–Crippen MR) is 69.9 cm³/mol. The lowest BCUT2D eigenvalue weighted by Crippen LogP contribution is -2.31. The topological polar surface area (TPSA) is 53.2 Å². The van der Waals surface area contributed by atoms with Gasteiger partial charge in [0.1, 0.15) is 5.56 Å². The van der Waals surface area contributed by atoms with E-state index in [4.69, 9.17) is 0 Å². The first-order chi connectivity index (χ1) is 8.63. The number of aromatic nitrogens is 1. The Hall–Kier alpha value is -1.88. The van der Waals surface area contributed by atoms with Crippen LogP contribution >= 0.6 is 15.9 Å². The fraction of sp³-hybridized carbons (Fsp3) is 0.0769. The van der Waals surface area contributed by atoms with Gasteiger partial charge in [-0.2, -0.15) is 4.73 Å². The molecule has 0 fully saturated rings. The van der Waals surface area contributed by atoms with Gasteiger partial charge in [-0.05, 0) is 30.3 Å². The molecule has 4 nitrogen and oxygen atoms in total. The molecule has 1 aromatic carbocycles. The summed E-state index contributed by atoms with van der Waals surface area (Å²) in [6.45, 7) is 0. The number of carbonyl (C=O) groups is 1. The molecule has 0 bridgehead atoms. The van der Waals surface area contributed by atoms with E-state index in [1.54, 1.807) is 18.2 Å². The molecule has 1 aromatic heterocycles. The number of carbonyl (C=O) groups excluding carboxylic acids is 1. The molecule has 0 aliphatic rings. The molecule has 0 N–H and O–H groups in total. The van der Waals surface area contributed by atoms with E-state index in [0.29, 0.717) is 10.3 Å². The molecule has 5 heteroatoms. The molecule has 0 aliphatic carbocycles. The van der Waals surface area contributed by atoms with Crippen LogP contribution in [0, 0.1) is 5.21 Å². The second-order valence-electron chi connectivity index (χ2n) is 3.59. The van der Waals surface area contributed by atoms with Gasteiger partial charge in [0.15, 0.2) is 6.20 Å². The third-order valence-electron chi connectivity index (χ3n) is 2.48. The normalized spacial score (nSPS) is 10.1. The molecule has 0 aliphatic heterocycles. The Labute approximate surface area is 113 Å². The van der Waals surface area contributed by atoms with Crippen LogP contribution < -0.4 is 4.73 Å². The summed E-state index contributed by atoms with van der Waals surface area (Å²) in [4.78, 5) is 11.6. The number of benzene rings is 1. The van der Waals surface area contributed by atoms with E-state index in [1.165, 1.54) is 19.4 Å². The van der Waals surface area contributed by atoms with Crippen LogP contribution in [-0.2, 0) is 4.74 Å². The lowest BCUT2D eigenvalue weighted by Gasteiger charge is -2.08. The number of nitrogens with zero attached hydrogens (tertiary/aromatic N) is 1. The monoisotopic (exact) mass is 307 g/mol. The van der Waals surface area contributed by atoms with Crippen LogP contribution in [0.1, 0.15) is 10.4 Å². The first-order valence-corrected chi connectivity index (χ1v) is 5.99. The first kappa shape index (κ1) is 12.6. The number of methoxy groups -OCH3 is 1. The van der Waals surface area contributed by atoms with Crippen LogP contribution in [0.2, 0.25) is 0 Å². The summed E-state index contributed by atoms with van der Waals surface area (Å²) >= 11 is 3.32. The average molecular weight is 308 g/mol. The maximum atomic E-state index is 11.8. The molecule has 0 radical (unpaired) electrons. The van der Waals surface area contributed by atoms with Crippen molar-refractivity contribution in [3.05, 3.63) is 57.8 Å². The number of rotatable bonds is 2. The highest BCUT2D eigenvalue weighted by Crippen LogP contribution is 2.22. The maximum Gasteiger partial charge on any atom is 0.344 e. The number of halogens is 1. The fourth-order valence-electron chi connectivity index (χ4n) is 1.65. The Morgan fingerprint density at radius 1 is 1.28 bits per heavy atom. The largest absolute Gasteiger partial charge is 0.618 e. The third-order valence-corrected chi connectivity index (χ3v) is 3.01. The molecular weight excluding hydrogens is 298 g/mol. The van der Waals surface area contributed by atoms with Crippen molar-refractivity contribution in [3.8, 4) is 11.3 Å². The molecule has 0 spiro atoms. The SMILES string of the molecule is COC(=O)c1ccc[n+]([O-])c1-c1ccc(Br)cc1. The highest BCUT2D eigenvalue weighted by molar-refractivity contribution is 9.10. The van der Waals surface area contributed by atoms with Gasteiger partial charge >= 0.3 is 5.97 Å². The van der Waals surface area contributed by atoms with Gasteiger partial charge in [-0.3, -0.25) is 0 Å². The summed E-state index contributed by atoms with van der Waals surface area (Å²) in [6.07, 6.45) is 1.35. The minimum Gasteiger partial charge on any atom is -0.618 e. The number of hydrogen-bond acceptors (Lipinski definition) is 3. The smallest absolute Gasteiger partial charge is 0.344 e. The van der Waals surface area contributed by atoms with E-state index >= 15 is 0 Å². The second-order valence-corrected chi connectivity index (χ2v) is 4.51. The summed E-state index contributed by atoms with van der Waals surface area (Å²) in [7, 11) is 1.29. The summed E-state index contributed by atoms with van der Waals surface area (Å²) in [5, 5.41) is 11.8. The Kier molecular flexibility index (Phi) is 3.62. The number of esters is 1. The van der Waals surface area contributed by atoms with Gasteiger partial charge in [-0.1, -0.05) is 15.9 Å². The molecule has 2 rings (SSSR count). The van der Waals surface area contributed by atoms with Crippen molar-refractivity contribution in [2.45, 2.75) is 0 Å². The molecular formula is C13H10BrNO3. The standard InChI is InChI=1S/C13H10BrNO3/c1-18-13(16)11-3-2-8-15(17)12(11)9-4-6-10(14)7-5-9/h2-8H,1H3. The second kappa shape index (κ2) is 5.18. The highest BCUT2D eigenvalue weighted by atomic mass is 79.9. The molecule has 0 unspecified atom stereocenters. The summed E-state index contributed by atoms with van der Waals surface area (Å²) in [6, 6.07) is 10.2. The molecule has 0 atom stereocenters. The number of ether oxygens (including phenoxy) is 1. The quantitative estimate of drug-likeness (QED) is 0.487. The fourth-order valence-corrected chi connectivity index (χ4v) is 1.92. The molecule has 0 saturated carbocycles. The minimum atomic E-state index is -0.530. The lowest BCUT2D eigenvalue weighted by molar-refractivity contribution is -0.593. The van der Waals surface area contributed by atoms with Gasteiger partial charge < -0.3 is 9.94 Å².